The number of carbonyl (C=O) groups is 1. The van der Waals surface area contributed by atoms with E-state index >= 15 is 0 Å². The summed E-state index contributed by atoms with van der Waals surface area (Å²) in [6.45, 7) is 7.52. The Morgan fingerprint density at radius 3 is 2.68 bits per heavy atom. The van der Waals surface area contributed by atoms with Gasteiger partial charge in [0, 0.05) is 25.7 Å². The standard InChI is InChI=1S/C16H24N2O4/c1-16(2,3)22-15(20)18-9-12(10-18)17-8-11-5-6-13(19)14(7-11)21-4/h5-7,12,17,19H,8-10H2,1-4H3. The van der Waals surface area contributed by atoms with Crippen LogP contribution in [0.15, 0.2) is 18.2 Å². The molecule has 0 aliphatic carbocycles. The largest absolute Gasteiger partial charge is 0.504 e. The van der Waals surface area contributed by atoms with Gasteiger partial charge in [-0.25, -0.2) is 4.79 Å². The summed E-state index contributed by atoms with van der Waals surface area (Å²) in [5, 5.41) is 12.9. The first kappa shape index (κ1) is 16.4. The third kappa shape index (κ3) is 4.27. The number of methoxy groups -OCH3 is 1. The molecule has 6 heteroatoms. The third-order valence-corrected chi connectivity index (χ3v) is 3.37. The number of phenolic OH excluding ortho intramolecular Hbond substituents is 1. The number of nitrogens with one attached hydrogen (secondary N) is 1. The zero-order chi connectivity index (χ0) is 16.3. The quantitative estimate of drug-likeness (QED) is 0.891. The summed E-state index contributed by atoms with van der Waals surface area (Å²) in [6, 6.07) is 5.51. The Morgan fingerprint density at radius 1 is 1.41 bits per heavy atom. The number of nitrogens with zero attached hydrogens (tertiary/aromatic N) is 1. The minimum absolute atomic E-state index is 0.131. The molecule has 1 heterocycles. The van der Waals surface area contributed by atoms with Crippen molar-refractivity contribution in [1.29, 1.82) is 0 Å². The van der Waals surface area contributed by atoms with Gasteiger partial charge in [-0.3, -0.25) is 0 Å². The number of benzene rings is 1. The Kier molecular flexibility index (Phi) is 4.81. The van der Waals surface area contributed by atoms with E-state index in [1.54, 1.807) is 17.0 Å². The minimum atomic E-state index is -0.460. The van der Waals surface area contributed by atoms with Gasteiger partial charge in [0.15, 0.2) is 11.5 Å². The Labute approximate surface area is 131 Å². The maximum atomic E-state index is 11.8. The topological polar surface area (TPSA) is 71.0 Å². The summed E-state index contributed by atoms with van der Waals surface area (Å²) in [6.07, 6.45) is -0.267. The Bertz CT molecular complexity index is 533. The summed E-state index contributed by atoms with van der Waals surface area (Å²) >= 11 is 0. The number of hydrogen-bond donors (Lipinski definition) is 2. The van der Waals surface area contributed by atoms with Crippen LogP contribution in [0.2, 0.25) is 0 Å². The molecule has 1 aliphatic heterocycles. The number of phenols is 1. The Hall–Kier alpha value is -1.95. The number of rotatable bonds is 4. The van der Waals surface area contributed by atoms with Crippen LogP contribution in [0.5, 0.6) is 11.5 Å². The van der Waals surface area contributed by atoms with Crippen molar-refractivity contribution in [3.63, 3.8) is 0 Å². The maximum Gasteiger partial charge on any atom is 0.410 e. The van der Waals surface area contributed by atoms with E-state index in [0.717, 1.165) is 5.56 Å². The number of amides is 1. The molecule has 1 aliphatic rings. The lowest BCUT2D eigenvalue weighted by Crippen LogP contribution is -2.60. The second kappa shape index (κ2) is 6.44. The monoisotopic (exact) mass is 308 g/mol. The molecule has 0 radical (unpaired) electrons. The van der Waals surface area contributed by atoms with Gasteiger partial charge in [0.25, 0.3) is 0 Å². The van der Waals surface area contributed by atoms with Crippen LogP contribution in [0.1, 0.15) is 26.3 Å². The Morgan fingerprint density at radius 2 is 2.09 bits per heavy atom. The molecule has 0 atom stereocenters. The first-order valence-corrected chi connectivity index (χ1v) is 7.35. The van der Waals surface area contributed by atoms with E-state index in [2.05, 4.69) is 5.32 Å². The van der Waals surface area contributed by atoms with Gasteiger partial charge in [-0.2, -0.15) is 0 Å². The minimum Gasteiger partial charge on any atom is -0.504 e. The molecule has 0 aromatic heterocycles. The molecule has 2 rings (SSSR count). The second-order valence-electron chi connectivity index (χ2n) is 6.47. The predicted octanol–water partition coefficient (Wildman–Crippen LogP) is 2.11. The van der Waals surface area contributed by atoms with Crippen LogP contribution in [-0.4, -0.2) is 47.9 Å². The van der Waals surface area contributed by atoms with E-state index in [1.807, 2.05) is 26.8 Å². The van der Waals surface area contributed by atoms with Crippen LogP contribution >= 0.6 is 0 Å². The van der Waals surface area contributed by atoms with Crippen molar-refractivity contribution in [1.82, 2.24) is 10.2 Å². The van der Waals surface area contributed by atoms with Gasteiger partial charge in [0.2, 0.25) is 0 Å². The SMILES string of the molecule is COc1cc(CNC2CN(C(=O)OC(C)(C)C)C2)ccc1O. The molecular formula is C16H24N2O4. The van der Waals surface area contributed by atoms with Crippen LogP contribution in [0.3, 0.4) is 0 Å². The fraction of sp³-hybridized carbons (Fsp3) is 0.562. The fourth-order valence-electron chi connectivity index (χ4n) is 2.18. The van der Waals surface area contributed by atoms with Crippen molar-refractivity contribution in [3.05, 3.63) is 23.8 Å². The highest BCUT2D eigenvalue weighted by molar-refractivity contribution is 5.69. The normalized spacial score (nSPS) is 15.4. The van der Waals surface area contributed by atoms with E-state index in [-0.39, 0.29) is 17.9 Å². The Balaban J connectivity index is 1.75. The van der Waals surface area contributed by atoms with Crippen molar-refractivity contribution in [2.24, 2.45) is 0 Å². The smallest absolute Gasteiger partial charge is 0.410 e. The van der Waals surface area contributed by atoms with Crippen molar-refractivity contribution in [3.8, 4) is 11.5 Å². The van der Waals surface area contributed by atoms with Crippen molar-refractivity contribution in [2.45, 2.75) is 39.0 Å². The van der Waals surface area contributed by atoms with E-state index in [1.165, 1.54) is 7.11 Å². The number of ether oxygens (including phenoxy) is 2. The molecule has 0 bridgehead atoms. The summed E-state index contributed by atoms with van der Waals surface area (Å²) in [7, 11) is 1.52. The predicted molar refractivity (Wildman–Crippen MR) is 83.1 cm³/mol. The van der Waals surface area contributed by atoms with E-state index in [9.17, 15) is 9.90 Å². The number of carbonyl (C=O) groups excluding carboxylic acids is 1. The molecule has 0 spiro atoms. The third-order valence-electron chi connectivity index (χ3n) is 3.37. The molecule has 122 valence electrons. The van der Waals surface area contributed by atoms with Gasteiger partial charge in [-0.05, 0) is 38.5 Å². The number of aromatic hydroxyl groups is 1. The average molecular weight is 308 g/mol. The van der Waals surface area contributed by atoms with Gasteiger partial charge in [-0.1, -0.05) is 6.07 Å². The number of likely N-dealkylation sites (tertiary alicyclic amines) is 1. The van der Waals surface area contributed by atoms with E-state index < -0.39 is 5.60 Å². The molecule has 6 nitrogen and oxygen atoms in total. The molecular weight excluding hydrogens is 284 g/mol. The number of hydrogen-bond acceptors (Lipinski definition) is 5. The first-order chi connectivity index (χ1) is 10.3. The highest BCUT2D eigenvalue weighted by atomic mass is 16.6. The molecule has 1 saturated heterocycles. The maximum absolute atomic E-state index is 11.8. The van der Waals surface area contributed by atoms with Crippen LogP contribution in [0.4, 0.5) is 4.79 Å². The zero-order valence-corrected chi connectivity index (χ0v) is 13.5. The lowest BCUT2D eigenvalue weighted by atomic mass is 10.1. The van der Waals surface area contributed by atoms with Crippen molar-refractivity contribution >= 4 is 6.09 Å². The van der Waals surface area contributed by atoms with Gasteiger partial charge in [0.1, 0.15) is 5.60 Å². The lowest BCUT2D eigenvalue weighted by molar-refractivity contribution is 0.00518. The van der Waals surface area contributed by atoms with Crippen LogP contribution in [-0.2, 0) is 11.3 Å². The zero-order valence-electron chi connectivity index (χ0n) is 13.5. The van der Waals surface area contributed by atoms with E-state index in [0.29, 0.717) is 25.4 Å². The highest BCUT2D eigenvalue weighted by Gasteiger charge is 2.33. The lowest BCUT2D eigenvalue weighted by Gasteiger charge is -2.40. The van der Waals surface area contributed by atoms with Crippen LogP contribution in [0.25, 0.3) is 0 Å². The van der Waals surface area contributed by atoms with Crippen LogP contribution in [0, 0.1) is 0 Å². The molecule has 0 unspecified atom stereocenters. The molecule has 1 aromatic carbocycles. The van der Waals surface area contributed by atoms with Gasteiger partial charge >= 0.3 is 6.09 Å². The van der Waals surface area contributed by atoms with Crippen molar-refractivity contribution < 1.29 is 19.4 Å². The van der Waals surface area contributed by atoms with Crippen molar-refractivity contribution in [2.75, 3.05) is 20.2 Å². The summed E-state index contributed by atoms with van der Waals surface area (Å²) in [5.41, 5.74) is 0.559. The highest BCUT2D eigenvalue weighted by Crippen LogP contribution is 2.26. The average Bonchev–Trinajstić information content (AvgIpc) is 2.36. The van der Waals surface area contributed by atoms with E-state index in [4.69, 9.17) is 9.47 Å². The molecule has 2 N–H and O–H groups in total. The van der Waals surface area contributed by atoms with Gasteiger partial charge < -0.3 is 24.8 Å². The van der Waals surface area contributed by atoms with Crippen LogP contribution < -0.4 is 10.1 Å². The second-order valence-corrected chi connectivity index (χ2v) is 6.47. The van der Waals surface area contributed by atoms with Gasteiger partial charge in [-0.15, -0.1) is 0 Å². The molecule has 1 aromatic rings. The van der Waals surface area contributed by atoms with Gasteiger partial charge in [0.05, 0.1) is 7.11 Å². The molecule has 22 heavy (non-hydrogen) atoms. The first-order valence-electron chi connectivity index (χ1n) is 7.35. The molecule has 1 fully saturated rings. The molecule has 1 amide bonds. The molecule has 0 saturated carbocycles. The fourth-order valence-corrected chi connectivity index (χ4v) is 2.18. The summed E-state index contributed by atoms with van der Waals surface area (Å²) in [4.78, 5) is 13.5. The summed E-state index contributed by atoms with van der Waals surface area (Å²) in [5.74, 6) is 0.592. The summed E-state index contributed by atoms with van der Waals surface area (Å²) < 4.78 is 10.4.